The molecule has 0 atom stereocenters. The van der Waals surface area contributed by atoms with Gasteiger partial charge in [-0.05, 0) is 40.8 Å². The molecule has 0 bridgehead atoms. The van der Waals surface area contributed by atoms with E-state index in [-0.39, 0.29) is 11.3 Å². The number of carbonyl (C=O) groups is 1. The molecule has 2 aromatic carbocycles. The zero-order valence-corrected chi connectivity index (χ0v) is 17.3. The van der Waals surface area contributed by atoms with Crippen LogP contribution in [0.2, 0.25) is 0 Å². The Morgan fingerprint density at radius 2 is 1.77 bits per heavy atom. The summed E-state index contributed by atoms with van der Waals surface area (Å²) in [5.41, 5.74) is 3.59. The van der Waals surface area contributed by atoms with Gasteiger partial charge in [-0.1, -0.05) is 26.8 Å². The van der Waals surface area contributed by atoms with Crippen molar-refractivity contribution >= 4 is 5.91 Å². The minimum absolute atomic E-state index is 0.0764. The molecule has 0 saturated carbocycles. The molecule has 3 aromatic rings. The van der Waals surface area contributed by atoms with Gasteiger partial charge in [0.25, 0.3) is 11.5 Å². The summed E-state index contributed by atoms with van der Waals surface area (Å²) in [6, 6.07) is 10.7. The van der Waals surface area contributed by atoms with Crippen molar-refractivity contribution in [3.05, 3.63) is 80.1 Å². The van der Waals surface area contributed by atoms with Crippen LogP contribution in [0.4, 0.5) is 0 Å². The van der Waals surface area contributed by atoms with Gasteiger partial charge in [-0.15, -0.1) is 0 Å². The number of aromatic nitrogens is 2. The molecule has 2 heterocycles. The van der Waals surface area contributed by atoms with Crippen LogP contribution >= 0.6 is 0 Å². The first-order valence-electron chi connectivity index (χ1n) is 9.65. The van der Waals surface area contributed by atoms with E-state index in [9.17, 15) is 14.4 Å². The van der Waals surface area contributed by atoms with Crippen molar-refractivity contribution in [2.75, 3.05) is 7.11 Å². The lowest BCUT2D eigenvalue weighted by molar-refractivity contribution is 0.0966. The molecule has 0 unspecified atom stereocenters. The fraction of sp³-hybridized carbons (Fsp3) is 0.261. The Kier molecular flexibility index (Phi) is 4.61. The Morgan fingerprint density at radius 1 is 1.00 bits per heavy atom. The minimum atomic E-state index is -0.512. The molecule has 2 N–H and O–H groups in total. The second-order valence-electron chi connectivity index (χ2n) is 8.36. The smallest absolute Gasteiger partial charge is 0.332 e. The number of nitrogens with one attached hydrogen (secondary N) is 2. The lowest BCUT2D eigenvalue weighted by Crippen LogP contribution is -2.27. The number of H-pyrrole nitrogens is 1. The van der Waals surface area contributed by atoms with E-state index in [0.29, 0.717) is 23.5 Å². The summed E-state index contributed by atoms with van der Waals surface area (Å²) in [6.07, 6.45) is 1.46. The molecule has 0 aliphatic carbocycles. The molecule has 1 amide bonds. The van der Waals surface area contributed by atoms with Crippen LogP contribution < -0.4 is 21.3 Å². The van der Waals surface area contributed by atoms with Crippen molar-refractivity contribution < 1.29 is 9.53 Å². The van der Waals surface area contributed by atoms with Crippen LogP contribution in [0.5, 0.6) is 5.75 Å². The molecule has 1 aliphatic heterocycles. The maximum atomic E-state index is 12.4. The quantitative estimate of drug-likeness (QED) is 0.701. The molecule has 0 fully saturated rings. The highest BCUT2D eigenvalue weighted by Crippen LogP contribution is 2.41. The fourth-order valence-corrected chi connectivity index (χ4v) is 3.76. The second kappa shape index (κ2) is 7.02. The Bertz CT molecular complexity index is 1280. The van der Waals surface area contributed by atoms with E-state index in [1.54, 1.807) is 7.11 Å². The molecule has 30 heavy (non-hydrogen) atoms. The van der Waals surface area contributed by atoms with Crippen molar-refractivity contribution in [1.29, 1.82) is 0 Å². The largest absolute Gasteiger partial charge is 0.496 e. The van der Waals surface area contributed by atoms with Crippen LogP contribution in [0.3, 0.4) is 0 Å². The number of aromatic amines is 1. The lowest BCUT2D eigenvalue weighted by Gasteiger charge is -2.25. The normalized spacial score (nSPS) is 13.1. The predicted octanol–water partition coefficient (Wildman–Crippen LogP) is 2.74. The van der Waals surface area contributed by atoms with Crippen molar-refractivity contribution in [3.63, 3.8) is 0 Å². The van der Waals surface area contributed by atoms with E-state index in [4.69, 9.17) is 4.74 Å². The van der Waals surface area contributed by atoms with E-state index in [1.807, 2.05) is 30.3 Å². The van der Waals surface area contributed by atoms with E-state index >= 15 is 0 Å². The average Bonchev–Trinajstić information content (AvgIpc) is 3.06. The van der Waals surface area contributed by atoms with Gasteiger partial charge < -0.3 is 10.1 Å². The third-order valence-electron chi connectivity index (χ3n) is 5.29. The molecule has 4 rings (SSSR count). The molecule has 154 valence electrons. The third-order valence-corrected chi connectivity index (χ3v) is 5.29. The Morgan fingerprint density at radius 3 is 2.43 bits per heavy atom. The highest BCUT2D eigenvalue weighted by Gasteiger charge is 2.25. The fourth-order valence-electron chi connectivity index (χ4n) is 3.76. The summed E-state index contributed by atoms with van der Waals surface area (Å²) in [5, 5.41) is 2.83. The van der Waals surface area contributed by atoms with Crippen LogP contribution in [0.25, 0.3) is 16.8 Å². The zero-order chi connectivity index (χ0) is 21.6. The number of rotatable bonds is 3. The summed E-state index contributed by atoms with van der Waals surface area (Å²) in [5.74, 6) is 0.633. The molecule has 0 spiro atoms. The number of ether oxygens (including phenoxy) is 1. The Labute approximate surface area is 173 Å². The third kappa shape index (κ3) is 3.32. The zero-order valence-electron chi connectivity index (χ0n) is 17.3. The number of carbonyl (C=O) groups excluding carboxylic acids is 1. The lowest BCUT2D eigenvalue weighted by atomic mass is 9.83. The van der Waals surface area contributed by atoms with Gasteiger partial charge in [-0.2, -0.15) is 0 Å². The molecule has 0 saturated heterocycles. The van der Waals surface area contributed by atoms with E-state index in [0.717, 1.165) is 22.3 Å². The topological polar surface area (TPSA) is 93.2 Å². The standard InChI is InChI=1S/C23H23N3O4/c1-23(2,3)18-11-15(26-8-7-19(27)25-22(26)29)10-17(20(18)30-4)13-5-6-16-14(9-13)12-24-21(16)28/h5-11H,12H2,1-4H3,(H,24,28)(H,25,27,29). The van der Waals surface area contributed by atoms with Crippen LogP contribution in [0, 0.1) is 0 Å². The minimum Gasteiger partial charge on any atom is -0.496 e. The summed E-state index contributed by atoms with van der Waals surface area (Å²) in [7, 11) is 1.62. The maximum absolute atomic E-state index is 12.4. The van der Waals surface area contributed by atoms with Gasteiger partial charge in [0.05, 0.1) is 12.8 Å². The predicted molar refractivity (Wildman–Crippen MR) is 115 cm³/mol. The van der Waals surface area contributed by atoms with Gasteiger partial charge in [0.1, 0.15) is 5.75 Å². The first-order chi connectivity index (χ1) is 14.2. The average molecular weight is 405 g/mol. The molecule has 7 nitrogen and oxygen atoms in total. The van der Waals surface area contributed by atoms with E-state index < -0.39 is 11.2 Å². The Balaban J connectivity index is 2.01. The number of amides is 1. The number of nitrogens with zero attached hydrogens (tertiary/aromatic N) is 1. The van der Waals surface area contributed by atoms with Crippen LogP contribution in [-0.4, -0.2) is 22.6 Å². The molecule has 7 heteroatoms. The van der Waals surface area contributed by atoms with Crippen molar-refractivity contribution in [3.8, 4) is 22.6 Å². The van der Waals surface area contributed by atoms with Crippen molar-refractivity contribution in [2.45, 2.75) is 32.7 Å². The van der Waals surface area contributed by atoms with Crippen molar-refractivity contribution in [1.82, 2.24) is 14.9 Å². The van der Waals surface area contributed by atoms with Gasteiger partial charge in [0, 0.05) is 35.5 Å². The first-order valence-corrected chi connectivity index (χ1v) is 9.65. The summed E-state index contributed by atoms with van der Waals surface area (Å²) >= 11 is 0. The van der Waals surface area contributed by atoms with E-state index in [2.05, 4.69) is 31.1 Å². The summed E-state index contributed by atoms with van der Waals surface area (Å²) in [4.78, 5) is 38.1. The molecule has 0 radical (unpaired) electrons. The second-order valence-corrected chi connectivity index (χ2v) is 8.36. The Hall–Kier alpha value is -3.61. The molecule has 1 aliphatic rings. The van der Waals surface area contributed by atoms with Gasteiger partial charge in [-0.3, -0.25) is 19.1 Å². The van der Waals surface area contributed by atoms with Gasteiger partial charge >= 0.3 is 5.69 Å². The maximum Gasteiger partial charge on any atom is 0.332 e. The van der Waals surface area contributed by atoms with Crippen LogP contribution in [0.1, 0.15) is 42.3 Å². The number of hydrogen-bond acceptors (Lipinski definition) is 4. The SMILES string of the molecule is COc1c(-c2ccc3c(c2)CNC3=O)cc(-n2ccc(=O)[nH]c2=O)cc1C(C)(C)C. The number of methoxy groups -OCH3 is 1. The van der Waals surface area contributed by atoms with Gasteiger partial charge in [0.15, 0.2) is 0 Å². The molecule has 1 aromatic heterocycles. The van der Waals surface area contributed by atoms with E-state index in [1.165, 1.54) is 16.8 Å². The number of hydrogen-bond donors (Lipinski definition) is 2. The molecular formula is C23H23N3O4. The monoisotopic (exact) mass is 405 g/mol. The van der Waals surface area contributed by atoms with Gasteiger partial charge in [-0.25, -0.2) is 4.79 Å². The van der Waals surface area contributed by atoms with Crippen LogP contribution in [-0.2, 0) is 12.0 Å². The highest BCUT2D eigenvalue weighted by atomic mass is 16.5. The highest BCUT2D eigenvalue weighted by molar-refractivity contribution is 5.99. The van der Waals surface area contributed by atoms with Crippen LogP contribution in [0.15, 0.2) is 52.2 Å². The van der Waals surface area contributed by atoms with Gasteiger partial charge in [0.2, 0.25) is 0 Å². The number of benzene rings is 2. The molecular weight excluding hydrogens is 382 g/mol. The first kappa shape index (κ1) is 19.7. The van der Waals surface area contributed by atoms with Crippen molar-refractivity contribution in [2.24, 2.45) is 0 Å². The summed E-state index contributed by atoms with van der Waals surface area (Å²) < 4.78 is 7.21. The summed E-state index contributed by atoms with van der Waals surface area (Å²) in [6.45, 7) is 6.69. The number of fused-ring (bicyclic) bond motifs is 1.